The first-order valence-electron chi connectivity index (χ1n) is 28.1. The van der Waals surface area contributed by atoms with Gasteiger partial charge in [0.15, 0.2) is 0 Å². The molecule has 0 bridgehead atoms. The fourth-order valence-electron chi connectivity index (χ4n) is 16.1. The average molecular weight is 1200 g/mol. The van der Waals surface area contributed by atoms with Gasteiger partial charge in [0.25, 0.3) is 0 Å². The summed E-state index contributed by atoms with van der Waals surface area (Å²) in [7, 11) is 0. The number of hydrogen-bond donors (Lipinski definition) is 3. The third-order valence-corrected chi connectivity index (χ3v) is 21.4. The van der Waals surface area contributed by atoms with E-state index >= 15 is 0 Å². The van der Waals surface area contributed by atoms with Crippen LogP contribution in [0, 0.1) is 63.0 Å². The molecule has 16 atom stereocenters. The van der Waals surface area contributed by atoms with Crippen LogP contribution in [-0.2, 0) is 23.8 Å². The van der Waals surface area contributed by atoms with Gasteiger partial charge in [0.1, 0.15) is 57.3 Å². The molecule has 6 unspecified atom stereocenters. The maximum atomic E-state index is 14.5. The summed E-state index contributed by atoms with van der Waals surface area (Å²) in [5.41, 5.74) is -4.68. The molecule has 0 saturated heterocycles. The first-order chi connectivity index (χ1) is 38.6. The van der Waals surface area contributed by atoms with Gasteiger partial charge in [0.2, 0.25) is 0 Å². The van der Waals surface area contributed by atoms with E-state index in [-0.39, 0.29) is 87.0 Å². The molecule has 6 aliphatic rings. The quantitative estimate of drug-likeness (QED) is 0.0966. The Labute approximate surface area is 483 Å². The lowest BCUT2D eigenvalue weighted by Gasteiger charge is -2.66. The van der Waals surface area contributed by atoms with Gasteiger partial charge >= 0.3 is 29.2 Å². The lowest BCUT2D eigenvalue weighted by Crippen LogP contribution is -2.70. The molecule has 17 nitrogen and oxygen atoms in total. The van der Waals surface area contributed by atoms with Gasteiger partial charge < -0.3 is 47.8 Å². The predicted molar refractivity (Wildman–Crippen MR) is 299 cm³/mol. The Bertz CT molecular complexity index is 3420. The minimum absolute atomic E-state index is 0.00245. The molecule has 4 aromatic heterocycles. The van der Waals surface area contributed by atoms with Crippen molar-refractivity contribution >= 4 is 33.8 Å². The molecule has 11 rings (SSSR count). The molecule has 0 spiro atoms. The number of carbonyl (C=O) groups excluding carboxylic acids is 3. The van der Waals surface area contributed by atoms with Gasteiger partial charge in [-0.25, -0.2) is 18.8 Å². The van der Waals surface area contributed by atoms with Crippen LogP contribution in [0.4, 0.5) is 4.39 Å². The maximum absolute atomic E-state index is 14.5. The Balaban J connectivity index is 0.000000189. The molecule has 6 heterocycles. The first kappa shape index (κ1) is 58.9. The van der Waals surface area contributed by atoms with Crippen molar-refractivity contribution in [1.29, 1.82) is 0 Å². The highest BCUT2D eigenvalue weighted by atomic mass is 79.9. The van der Waals surface area contributed by atoms with Crippen molar-refractivity contribution in [2.75, 3.05) is 13.2 Å². The number of carbonyl (C=O) groups is 3. The number of aliphatic hydroxyl groups is 3. The molecule has 3 N–H and O–H groups in total. The minimum Gasteiger partial charge on any atom is -0.484 e. The van der Waals surface area contributed by atoms with Crippen molar-refractivity contribution < 1.29 is 66.6 Å². The average Bonchev–Trinajstić information content (AvgIpc) is 0.784. The zero-order chi connectivity index (χ0) is 59.2. The van der Waals surface area contributed by atoms with Crippen LogP contribution in [-0.4, -0.2) is 79.8 Å². The second kappa shape index (κ2) is 21.4. The van der Waals surface area contributed by atoms with Crippen LogP contribution in [0.5, 0.6) is 11.5 Å². The Hall–Kier alpha value is -6.28. The third kappa shape index (κ3) is 9.68. The smallest absolute Gasteiger partial charge is 0.345 e. The number of esters is 3. The summed E-state index contributed by atoms with van der Waals surface area (Å²) in [4.78, 5) is 72.3. The Morgan fingerprint density at radius 2 is 1.15 bits per heavy atom. The molecule has 438 valence electrons. The fourth-order valence-corrected chi connectivity index (χ4v) is 16.3. The van der Waals surface area contributed by atoms with Crippen molar-refractivity contribution in [2.24, 2.45) is 57.2 Å². The molecule has 4 aliphatic carbocycles. The Morgan fingerprint density at radius 1 is 0.683 bits per heavy atom. The Kier molecular flexibility index (Phi) is 15.4. The SMILES string of the molecule is CC(=O)OCC1(C)C2C[C@H](O)[C@@]3(C)Oc4cc(-c5cccnc5)oc(=O)c4[C@H](O)C3[C@@]2(C)CC[C@@H]1C.CC(=O)OCC1(C)C2C[C@H](OC(=O)c3ccc(Br)c(F)c3)[C@@]3(C)Oc4cc(-c5cccnc5)oc(=O)c4[C@H](O)C3[C@@]2(C)CC[C@@H]1C. The normalized spacial score (nSPS) is 35.8. The van der Waals surface area contributed by atoms with E-state index in [1.54, 1.807) is 68.1 Å². The second-order valence-electron chi connectivity index (χ2n) is 25.3. The number of aliphatic hydroxyl groups excluding tert-OH is 3. The van der Waals surface area contributed by atoms with Crippen molar-refractivity contribution in [3.8, 4) is 34.1 Å². The van der Waals surface area contributed by atoms with E-state index in [2.05, 4.69) is 67.4 Å². The first-order valence-corrected chi connectivity index (χ1v) is 28.9. The van der Waals surface area contributed by atoms with E-state index in [0.717, 1.165) is 25.3 Å². The number of pyridine rings is 2. The van der Waals surface area contributed by atoms with Crippen LogP contribution in [0.3, 0.4) is 0 Å². The number of aromatic nitrogens is 2. The zero-order valence-corrected chi connectivity index (χ0v) is 49.4. The summed E-state index contributed by atoms with van der Waals surface area (Å²) in [6, 6.07) is 14.1. The second-order valence-corrected chi connectivity index (χ2v) is 26.2. The topological polar surface area (TPSA) is 244 Å². The van der Waals surface area contributed by atoms with E-state index < -0.39 is 98.1 Å². The number of benzene rings is 1. The molecule has 4 fully saturated rings. The number of ether oxygens (including phenoxy) is 5. The van der Waals surface area contributed by atoms with Crippen LogP contribution in [0.15, 0.2) is 102 Å². The fraction of sp³-hybridized carbons (Fsp3) is 0.540. The van der Waals surface area contributed by atoms with Crippen molar-refractivity contribution in [3.63, 3.8) is 0 Å². The monoisotopic (exact) mass is 1190 g/mol. The standard InChI is InChI=1S/C35H37BrFNO8.C28H35NO7/c1-18-10-11-33(3)26(34(18,4)17-43-19(2)39)15-27(45-31(41)20-8-9-22(36)23(37)13-20)35(5)30(33)29(40)28-25(46-35)14-24(44-32(28)42)21-7-6-12-38-16-21;1-15-8-9-26(3)20(27(15,4)14-34-16(2)30)12-21(31)28(5)24(26)23(32)22-19(36-28)11-18(35-25(22)33)17-7-6-10-29-13-17/h6-9,12-14,16,18,26-27,29-30,40H,10-11,15,17H2,1-5H3;6-7,10-11,13,15,20-21,23-24,31-32H,8-9,12,14H2,1-5H3/t18-,26?,27-,29-,30?,33-,34?,35+;15-,20?,21-,23-,24?,26-,27?,28+/m00/s1. The third-order valence-electron chi connectivity index (χ3n) is 20.8. The van der Waals surface area contributed by atoms with Gasteiger partial charge in [0, 0.05) is 84.6 Å². The summed E-state index contributed by atoms with van der Waals surface area (Å²) < 4.78 is 56.6. The van der Waals surface area contributed by atoms with E-state index in [1.807, 2.05) is 6.92 Å². The zero-order valence-electron chi connectivity index (χ0n) is 47.8. The van der Waals surface area contributed by atoms with Gasteiger partial charge in [-0.15, -0.1) is 0 Å². The van der Waals surface area contributed by atoms with Crippen LogP contribution in [0.2, 0.25) is 0 Å². The van der Waals surface area contributed by atoms with Crippen molar-refractivity contribution in [3.05, 3.63) is 127 Å². The summed E-state index contributed by atoms with van der Waals surface area (Å²) in [6.45, 7) is 19.4. The lowest BCUT2D eigenvalue weighted by atomic mass is 9.41. The van der Waals surface area contributed by atoms with Crippen LogP contribution < -0.4 is 20.7 Å². The van der Waals surface area contributed by atoms with Crippen LogP contribution in [0.25, 0.3) is 22.6 Å². The summed E-state index contributed by atoms with van der Waals surface area (Å²) in [6.07, 6.45) is 5.86. The summed E-state index contributed by atoms with van der Waals surface area (Å²) in [5, 5.41) is 35.6. The number of nitrogens with zero attached hydrogens (tertiary/aromatic N) is 2. The highest BCUT2D eigenvalue weighted by Gasteiger charge is 2.71. The van der Waals surface area contributed by atoms with E-state index in [1.165, 1.54) is 26.0 Å². The highest BCUT2D eigenvalue weighted by molar-refractivity contribution is 9.10. The number of hydrogen-bond acceptors (Lipinski definition) is 17. The molecular weight excluding hydrogens is 1120 g/mol. The van der Waals surface area contributed by atoms with Crippen molar-refractivity contribution in [2.45, 2.75) is 143 Å². The van der Waals surface area contributed by atoms with Crippen molar-refractivity contribution in [1.82, 2.24) is 9.97 Å². The van der Waals surface area contributed by atoms with Gasteiger partial charge in [0.05, 0.1) is 41.6 Å². The number of fused-ring (bicyclic) bond motifs is 8. The Morgan fingerprint density at radius 3 is 1.60 bits per heavy atom. The molecule has 2 aliphatic heterocycles. The highest BCUT2D eigenvalue weighted by Crippen LogP contribution is 2.70. The van der Waals surface area contributed by atoms with Crippen LogP contribution in [0.1, 0.15) is 141 Å². The van der Waals surface area contributed by atoms with Gasteiger partial charge in [-0.3, -0.25) is 19.6 Å². The number of halogens is 2. The van der Waals surface area contributed by atoms with E-state index in [9.17, 15) is 43.7 Å². The van der Waals surface area contributed by atoms with E-state index in [0.29, 0.717) is 30.4 Å². The van der Waals surface area contributed by atoms with Gasteiger partial charge in [-0.1, -0.05) is 41.5 Å². The largest absolute Gasteiger partial charge is 0.484 e. The molecule has 5 aromatic rings. The minimum atomic E-state index is -1.33. The molecule has 82 heavy (non-hydrogen) atoms. The predicted octanol–water partition coefficient (Wildman–Crippen LogP) is 10.5. The molecule has 1 aromatic carbocycles. The summed E-state index contributed by atoms with van der Waals surface area (Å²) >= 11 is 3.12. The van der Waals surface area contributed by atoms with Gasteiger partial charge in [-0.05, 0) is 145 Å². The molecule has 0 radical (unpaired) electrons. The molecule has 4 saturated carbocycles. The maximum Gasteiger partial charge on any atom is 0.345 e. The molecule has 19 heteroatoms. The number of rotatable bonds is 8. The molecule has 0 amide bonds. The lowest BCUT2D eigenvalue weighted by molar-refractivity contribution is -0.257. The van der Waals surface area contributed by atoms with Gasteiger partial charge in [-0.2, -0.15) is 0 Å². The molecular formula is C63H72BrFN2O15. The summed E-state index contributed by atoms with van der Waals surface area (Å²) in [5.74, 6) is -2.49. The van der Waals surface area contributed by atoms with E-state index in [4.69, 9.17) is 32.5 Å². The van der Waals surface area contributed by atoms with Crippen LogP contribution >= 0.6 is 15.9 Å².